The predicted octanol–water partition coefficient (Wildman–Crippen LogP) is 2.87. The van der Waals surface area contributed by atoms with Gasteiger partial charge >= 0.3 is 0 Å². The van der Waals surface area contributed by atoms with Gasteiger partial charge in [0.05, 0.1) is 12.3 Å². The molecule has 3 nitrogen and oxygen atoms in total. The molecule has 18 heavy (non-hydrogen) atoms. The number of aromatic nitrogens is 1. The van der Waals surface area contributed by atoms with Gasteiger partial charge in [-0.1, -0.05) is 12.1 Å². The largest absolute Gasteiger partial charge is 0.494 e. The molecule has 2 rings (SSSR count). The van der Waals surface area contributed by atoms with Crippen molar-refractivity contribution in [3.8, 4) is 5.75 Å². The molecule has 0 aliphatic rings. The van der Waals surface area contributed by atoms with E-state index in [9.17, 15) is 5.11 Å². The van der Waals surface area contributed by atoms with Crippen LogP contribution in [0, 0.1) is 6.92 Å². The summed E-state index contributed by atoms with van der Waals surface area (Å²) in [5, 5.41) is 10.2. The summed E-state index contributed by atoms with van der Waals surface area (Å²) in [6, 6.07) is 11.2. The third-order valence-corrected chi connectivity index (χ3v) is 2.72. The molecule has 1 atom stereocenters. The standard InChI is InChI=1S/C15H17NO2/c1-3-18-13-6-4-12(5-7-13)15(17)14-10-11(2)8-9-16-14/h4-10,15,17H,3H2,1-2H3. The Morgan fingerprint density at radius 3 is 2.56 bits per heavy atom. The van der Waals surface area contributed by atoms with Crippen molar-refractivity contribution in [2.75, 3.05) is 6.61 Å². The van der Waals surface area contributed by atoms with E-state index in [2.05, 4.69) is 4.98 Å². The first-order chi connectivity index (χ1) is 8.70. The van der Waals surface area contributed by atoms with Gasteiger partial charge in [0, 0.05) is 6.20 Å². The Balaban J connectivity index is 2.20. The zero-order valence-electron chi connectivity index (χ0n) is 10.6. The van der Waals surface area contributed by atoms with Crippen LogP contribution >= 0.6 is 0 Å². The minimum Gasteiger partial charge on any atom is -0.494 e. The summed E-state index contributed by atoms with van der Waals surface area (Å²) in [5.41, 5.74) is 2.57. The van der Waals surface area contributed by atoms with Crippen LogP contribution in [0.3, 0.4) is 0 Å². The summed E-state index contributed by atoms with van der Waals surface area (Å²) < 4.78 is 5.37. The fraction of sp³-hybridized carbons (Fsp3) is 0.267. The molecule has 0 fully saturated rings. The molecule has 0 saturated heterocycles. The number of hydrogen-bond donors (Lipinski definition) is 1. The van der Waals surface area contributed by atoms with Gasteiger partial charge in [0.25, 0.3) is 0 Å². The number of nitrogens with zero attached hydrogens (tertiary/aromatic N) is 1. The van der Waals surface area contributed by atoms with Crippen LogP contribution < -0.4 is 4.74 Å². The van der Waals surface area contributed by atoms with Crippen molar-refractivity contribution in [2.24, 2.45) is 0 Å². The zero-order chi connectivity index (χ0) is 13.0. The van der Waals surface area contributed by atoms with Crippen LogP contribution in [0.25, 0.3) is 0 Å². The molecule has 1 aromatic heterocycles. The van der Waals surface area contributed by atoms with Gasteiger partial charge in [0.15, 0.2) is 0 Å². The summed E-state index contributed by atoms with van der Waals surface area (Å²) >= 11 is 0. The van der Waals surface area contributed by atoms with Gasteiger partial charge in [-0.2, -0.15) is 0 Å². The van der Waals surface area contributed by atoms with Crippen molar-refractivity contribution in [3.05, 3.63) is 59.4 Å². The van der Waals surface area contributed by atoms with E-state index in [4.69, 9.17) is 4.74 Å². The molecule has 0 bridgehead atoms. The minimum atomic E-state index is -0.694. The average Bonchev–Trinajstić information content (AvgIpc) is 2.39. The van der Waals surface area contributed by atoms with Crippen LogP contribution in [0.2, 0.25) is 0 Å². The molecule has 2 aromatic rings. The van der Waals surface area contributed by atoms with Gasteiger partial charge in [-0.3, -0.25) is 4.98 Å². The maximum absolute atomic E-state index is 10.2. The Morgan fingerprint density at radius 2 is 1.94 bits per heavy atom. The summed E-state index contributed by atoms with van der Waals surface area (Å²) in [7, 11) is 0. The number of pyridine rings is 1. The Kier molecular flexibility index (Phi) is 3.95. The average molecular weight is 243 g/mol. The van der Waals surface area contributed by atoms with E-state index < -0.39 is 6.10 Å². The molecule has 0 aliphatic heterocycles. The predicted molar refractivity (Wildman–Crippen MR) is 70.6 cm³/mol. The van der Waals surface area contributed by atoms with Crippen LogP contribution in [0.15, 0.2) is 42.6 Å². The Bertz CT molecular complexity index is 508. The third kappa shape index (κ3) is 2.87. The Morgan fingerprint density at radius 1 is 1.22 bits per heavy atom. The van der Waals surface area contributed by atoms with Crippen LogP contribution in [0.5, 0.6) is 5.75 Å². The van der Waals surface area contributed by atoms with Gasteiger partial charge in [-0.25, -0.2) is 0 Å². The van der Waals surface area contributed by atoms with Crippen molar-refractivity contribution in [1.29, 1.82) is 0 Å². The lowest BCUT2D eigenvalue weighted by Gasteiger charge is -2.11. The topological polar surface area (TPSA) is 42.4 Å². The second-order valence-corrected chi connectivity index (χ2v) is 4.16. The number of aryl methyl sites for hydroxylation is 1. The highest BCUT2D eigenvalue weighted by Crippen LogP contribution is 2.23. The van der Waals surface area contributed by atoms with Crippen LogP contribution in [-0.4, -0.2) is 16.7 Å². The van der Waals surface area contributed by atoms with Crippen molar-refractivity contribution >= 4 is 0 Å². The van der Waals surface area contributed by atoms with E-state index in [0.717, 1.165) is 16.9 Å². The lowest BCUT2D eigenvalue weighted by molar-refractivity contribution is 0.215. The monoisotopic (exact) mass is 243 g/mol. The van der Waals surface area contributed by atoms with Crippen molar-refractivity contribution < 1.29 is 9.84 Å². The second-order valence-electron chi connectivity index (χ2n) is 4.16. The number of hydrogen-bond acceptors (Lipinski definition) is 3. The maximum atomic E-state index is 10.2. The smallest absolute Gasteiger partial charge is 0.121 e. The molecule has 94 valence electrons. The number of rotatable bonds is 4. The first-order valence-electron chi connectivity index (χ1n) is 6.04. The van der Waals surface area contributed by atoms with Gasteiger partial charge in [0.2, 0.25) is 0 Å². The van der Waals surface area contributed by atoms with Crippen LogP contribution in [0.4, 0.5) is 0 Å². The number of benzene rings is 1. The molecule has 3 heteroatoms. The molecule has 1 heterocycles. The molecule has 1 aromatic carbocycles. The van der Waals surface area contributed by atoms with Crippen molar-refractivity contribution in [2.45, 2.75) is 20.0 Å². The fourth-order valence-electron chi connectivity index (χ4n) is 1.79. The summed E-state index contributed by atoms with van der Waals surface area (Å²) in [6.45, 7) is 4.57. The Hall–Kier alpha value is -1.87. The molecular weight excluding hydrogens is 226 g/mol. The summed E-state index contributed by atoms with van der Waals surface area (Å²) in [6.07, 6.45) is 1.02. The van der Waals surface area contributed by atoms with Gasteiger partial charge in [0.1, 0.15) is 11.9 Å². The first kappa shape index (κ1) is 12.6. The van der Waals surface area contributed by atoms with E-state index in [0.29, 0.717) is 12.3 Å². The molecule has 0 radical (unpaired) electrons. The SMILES string of the molecule is CCOc1ccc(C(O)c2cc(C)ccn2)cc1. The number of aliphatic hydroxyl groups is 1. The molecular formula is C15H17NO2. The molecule has 0 amide bonds. The highest BCUT2D eigenvalue weighted by molar-refractivity contribution is 5.32. The summed E-state index contributed by atoms with van der Waals surface area (Å²) in [4.78, 5) is 4.19. The van der Waals surface area contributed by atoms with E-state index in [1.165, 1.54) is 0 Å². The number of aliphatic hydroxyl groups excluding tert-OH is 1. The minimum absolute atomic E-state index is 0.640. The van der Waals surface area contributed by atoms with E-state index in [1.807, 2.05) is 50.2 Å². The Labute approximate surface area is 107 Å². The molecule has 1 unspecified atom stereocenters. The lowest BCUT2D eigenvalue weighted by atomic mass is 10.0. The molecule has 1 N–H and O–H groups in total. The maximum Gasteiger partial charge on any atom is 0.121 e. The lowest BCUT2D eigenvalue weighted by Crippen LogP contribution is -2.02. The van der Waals surface area contributed by atoms with Gasteiger partial charge in [-0.05, 0) is 49.2 Å². The normalized spacial score (nSPS) is 12.2. The van der Waals surface area contributed by atoms with E-state index in [1.54, 1.807) is 6.20 Å². The molecule has 0 spiro atoms. The zero-order valence-corrected chi connectivity index (χ0v) is 10.6. The highest BCUT2D eigenvalue weighted by atomic mass is 16.5. The number of ether oxygens (including phenoxy) is 1. The van der Waals surface area contributed by atoms with E-state index >= 15 is 0 Å². The second kappa shape index (κ2) is 5.65. The molecule has 0 saturated carbocycles. The third-order valence-electron chi connectivity index (χ3n) is 2.72. The van der Waals surface area contributed by atoms with Crippen molar-refractivity contribution in [1.82, 2.24) is 4.98 Å². The van der Waals surface area contributed by atoms with E-state index in [-0.39, 0.29) is 0 Å². The first-order valence-corrected chi connectivity index (χ1v) is 6.04. The molecule has 0 aliphatic carbocycles. The summed E-state index contributed by atoms with van der Waals surface area (Å²) in [5.74, 6) is 0.811. The highest BCUT2D eigenvalue weighted by Gasteiger charge is 2.11. The quantitative estimate of drug-likeness (QED) is 0.897. The van der Waals surface area contributed by atoms with Gasteiger partial charge in [-0.15, -0.1) is 0 Å². The van der Waals surface area contributed by atoms with Gasteiger partial charge < -0.3 is 9.84 Å². The van der Waals surface area contributed by atoms with Crippen LogP contribution in [-0.2, 0) is 0 Å². The van der Waals surface area contributed by atoms with Crippen molar-refractivity contribution in [3.63, 3.8) is 0 Å². The fourth-order valence-corrected chi connectivity index (χ4v) is 1.79. The van der Waals surface area contributed by atoms with Crippen LogP contribution in [0.1, 0.15) is 29.8 Å².